The van der Waals surface area contributed by atoms with Crippen molar-refractivity contribution in [2.75, 3.05) is 6.54 Å². The molecule has 0 spiro atoms. The van der Waals surface area contributed by atoms with Crippen molar-refractivity contribution in [1.82, 2.24) is 9.88 Å². The Morgan fingerprint density at radius 3 is 2.90 bits per heavy atom. The van der Waals surface area contributed by atoms with E-state index in [0.717, 1.165) is 13.1 Å². The number of benzene rings is 1. The van der Waals surface area contributed by atoms with Gasteiger partial charge in [-0.2, -0.15) is 0 Å². The molecule has 1 atom stereocenters. The van der Waals surface area contributed by atoms with Crippen LogP contribution in [0.25, 0.3) is 0 Å². The molecule has 2 heteroatoms. The Labute approximate surface area is 128 Å². The highest BCUT2D eigenvalue weighted by molar-refractivity contribution is 5.35. The van der Waals surface area contributed by atoms with E-state index in [1.807, 2.05) is 0 Å². The van der Waals surface area contributed by atoms with E-state index in [0.29, 0.717) is 6.04 Å². The number of hydrogen-bond donors (Lipinski definition) is 1. The summed E-state index contributed by atoms with van der Waals surface area (Å²) in [6, 6.07) is 9.70. The number of hydrogen-bond acceptors (Lipinski definition) is 1. The van der Waals surface area contributed by atoms with Crippen LogP contribution < -0.4 is 5.32 Å². The molecule has 1 aromatic carbocycles. The monoisotopic (exact) mass is 282 g/mol. The predicted molar refractivity (Wildman–Crippen MR) is 88.7 cm³/mol. The smallest absolute Gasteiger partial charge is 0.0470 e. The lowest BCUT2D eigenvalue weighted by atomic mass is 10.1. The zero-order valence-electron chi connectivity index (χ0n) is 13.2. The van der Waals surface area contributed by atoms with Crippen LogP contribution in [0.3, 0.4) is 0 Å². The molecule has 1 aliphatic rings. The summed E-state index contributed by atoms with van der Waals surface area (Å²) in [5.74, 6) is 0. The van der Waals surface area contributed by atoms with Gasteiger partial charge in [0.25, 0.3) is 0 Å². The average molecular weight is 282 g/mol. The fraction of sp³-hybridized carbons (Fsp3) is 0.474. The second-order valence-electron chi connectivity index (χ2n) is 6.25. The molecule has 1 aromatic heterocycles. The lowest BCUT2D eigenvalue weighted by Crippen LogP contribution is -2.18. The highest BCUT2D eigenvalue weighted by Crippen LogP contribution is 2.23. The van der Waals surface area contributed by atoms with Crippen molar-refractivity contribution in [1.29, 1.82) is 0 Å². The summed E-state index contributed by atoms with van der Waals surface area (Å²) in [6.45, 7) is 6.51. The van der Waals surface area contributed by atoms with Gasteiger partial charge in [0.2, 0.25) is 0 Å². The number of aromatic nitrogens is 1. The lowest BCUT2D eigenvalue weighted by molar-refractivity contribution is 0.569. The average Bonchev–Trinajstić information content (AvgIpc) is 3.13. The van der Waals surface area contributed by atoms with Gasteiger partial charge in [0, 0.05) is 25.0 Å². The Morgan fingerprint density at radius 2 is 2.05 bits per heavy atom. The van der Waals surface area contributed by atoms with Crippen LogP contribution >= 0.6 is 0 Å². The van der Waals surface area contributed by atoms with E-state index in [9.17, 15) is 0 Å². The van der Waals surface area contributed by atoms with Crippen molar-refractivity contribution in [2.45, 2.75) is 52.1 Å². The maximum absolute atomic E-state index is 3.55. The summed E-state index contributed by atoms with van der Waals surface area (Å²) in [7, 11) is 0. The topological polar surface area (TPSA) is 17.0 Å². The SMILES string of the molecule is CCCNC(C)c1ccn(Cc2ccc3c(c2)CCC3)c1. The number of aryl methyl sites for hydroxylation is 2. The molecule has 0 saturated heterocycles. The molecule has 0 fully saturated rings. The van der Waals surface area contributed by atoms with Crippen LogP contribution in [0.15, 0.2) is 36.7 Å². The fourth-order valence-corrected chi connectivity index (χ4v) is 3.23. The number of rotatable bonds is 6. The zero-order valence-corrected chi connectivity index (χ0v) is 13.2. The van der Waals surface area contributed by atoms with Crippen molar-refractivity contribution < 1.29 is 0 Å². The quantitative estimate of drug-likeness (QED) is 0.844. The van der Waals surface area contributed by atoms with Crippen LogP contribution in [0.5, 0.6) is 0 Å². The minimum absolute atomic E-state index is 0.436. The third-order valence-corrected chi connectivity index (χ3v) is 4.50. The molecule has 0 radical (unpaired) electrons. The first kappa shape index (κ1) is 14.4. The van der Waals surface area contributed by atoms with Crippen LogP contribution in [-0.4, -0.2) is 11.1 Å². The van der Waals surface area contributed by atoms with Crippen molar-refractivity contribution >= 4 is 0 Å². The number of nitrogens with one attached hydrogen (secondary N) is 1. The van der Waals surface area contributed by atoms with Crippen molar-refractivity contribution in [3.63, 3.8) is 0 Å². The number of fused-ring (bicyclic) bond motifs is 1. The van der Waals surface area contributed by atoms with Gasteiger partial charge in [-0.25, -0.2) is 0 Å². The summed E-state index contributed by atoms with van der Waals surface area (Å²) in [5, 5.41) is 3.55. The molecule has 0 bridgehead atoms. The van der Waals surface area contributed by atoms with E-state index in [1.165, 1.54) is 36.8 Å². The second kappa shape index (κ2) is 6.48. The maximum Gasteiger partial charge on any atom is 0.0470 e. The van der Waals surface area contributed by atoms with Gasteiger partial charge in [-0.05, 0) is 67.5 Å². The predicted octanol–water partition coefficient (Wildman–Crippen LogP) is 4.09. The molecule has 1 aliphatic carbocycles. The molecule has 0 aliphatic heterocycles. The Kier molecular flexibility index (Phi) is 4.45. The van der Waals surface area contributed by atoms with Gasteiger partial charge in [0.15, 0.2) is 0 Å². The molecule has 2 aromatic rings. The third-order valence-electron chi connectivity index (χ3n) is 4.50. The summed E-state index contributed by atoms with van der Waals surface area (Å²) >= 11 is 0. The first-order valence-corrected chi connectivity index (χ1v) is 8.26. The first-order valence-electron chi connectivity index (χ1n) is 8.26. The molecular formula is C19H26N2. The summed E-state index contributed by atoms with van der Waals surface area (Å²) < 4.78 is 2.30. The Bertz CT molecular complexity index is 597. The Morgan fingerprint density at radius 1 is 1.19 bits per heavy atom. The summed E-state index contributed by atoms with van der Waals surface area (Å²) in [5.41, 5.74) is 5.93. The minimum Gasteiger partial charge on any atom is -0.350 e. The number of nitrogens with zero attached hydrogens (tertiary/aromatic N) is 1. The van der Waals surface area contributed by atoms with Crippen LogP contribution in [-0.2, 0) is 19.4 Å². The Hall–Kier alpha value is -1.54. The van der Waals surface area contributed by atoms with Gasteiger partial charge in [-0.15, -0.1) is 0 Å². The van der Waals surface area contributed by atoms with Gasteiger partial charge >= 0.3 is 0 Å². The lowest BCUT2D eigenvalue weighted by Gasteiger charge is -2.11. The first-order chi connectivity index (χ1) is 10.3. The van der Waals surface area contributed by atoms with E-state index in [-0.39, 0.29) is 0 Å². The molecule has 2 nitrogen and oxygen atoms in total. The van der Waals surface area contributed by atoms with Gasteiger partial charge < -0.3 is 9.88 Å². The molecule has 112 valence electrons. The highest BCUT2D eigenvalue weighted by Gasteiger charge is 2.11. The molecule has 1 N–H and O–H groups in total. The standard InChI is InChI=1S/C19H26N2/c1-3-10-20-15(2)19-9-11-21(14-19)13-16-7-8-17-5-4-6-18(17)12-16/h7-9,11-12,14-15,20H,3-6,10,13H2,1-2H3. The van der Waals surface area contributed by atoms with Gasteiger partial charge in [-0.1, -0.05) is 25.1 Å². The highest BCUT2D eigenvalue weighted by atomic mass is 15.0. The molecule has 0 saturated carbocycles. The third kappa shape index (κ3) is 3.38. The maximum atomic E-state index is 3.55. The van der Waals surface area contributed by atoms with Crippen molar-refractivity contribution in [3.05, 3.63) is 58.9 Å². The Balaban J connectivity index is 1.67. The molecule has 1 heterocycles. The van der Waals surface area contributed by atoms with Crippen LogP contribution in [0, 0.1) is 0 Å². The normalized spacial score (nSPS) is 15.1. The molecule has 0 amide bonds. The van der Waals surface area contributed by atoms with Gasteiger partial charge in [-0.3, -0.25) is 0 Å². The molecule has 1 unspecified atom stereocenters. The van der Waals surface area contributed by atoms with E-state index >= 15 is 0 Å². The van der Waals surface area contributed by atoms with Crippen LogP contribution in [0.1, 0.15) is 55.0 Å². The summed E-state index contributed by atoms with van der Waals surface area (Å²) in [6.07, 6.45) is 9.52. The zero-order chi connectivity index (χ0) is 14.7. The van der Waals surface area contributed by atoms with Crippen LogP contribution in [0.4, 0.5) is 0 Å². The van der Waals surface area contributed by atoms with Crippen LogP contribution in [0.2, 0.25) is 0 Å². The van der Waals surface area contributed by atoms with E-state index in [1.54, 1.807) is 11.1 Å². The van der Waals surface area contributed by atoms with Gasteiger partial charge in [0.05, 0.1) is 0 Å². The van der Waals surface area contributed by atoms with Crippen molar-refractivity contribution in [3.8, 4) is 0 Å². The molecule has 21 heavy (non-hydrogen) atoms. The fourth-order valence-electron chi connectivity index (χ4n) is 3.23. The van der Waals surface area contributed by atoms with Gasteiger partial charge in [0.1, 0.15) is 0 Å². The van der Waals surface area contributed by atoms with E-state index in [2.05, 4.69) is 60.4 Å². The summed E-state index contributed by atoms with van der Waals surface area (Å²) in [4.78, 5) is 0. The van der Waals surface area contributed by atoms with E-state index < -0.39 is 0 Å². The second-order valence-corrected chi connectivity index (χ2v) is 6.25. The van der Waals surface area contributed by atoms with Crippen molar-refractivity contribution in [2.24, 2.45) is 0 Å². The molecule has 3 rings (SSSR count). The molecular weight excluding hydrogens is 256 g/mol. The van der Waals surface area contributed by atoms with E-state index in [4.69, 9.17) is 0 Å². The largest absolute Gasteiger partial charge is 0.350 e. The minimum atomic E-state index is 0.436.